The number of aliphatic carboxylic acids is 1. The number of carbonyl (C=O) groups is 2. The number of nitrogens with zero attached hydrogens (tertiary/aromatic N) is 2. The first kappa shape index (κ1) is 13.7. The minimum Gasteiger partial charge on any atom is -0.480 e. The summed E-state index contributed by atoms with van der Waals surface area (Å²) >= 11 is 0. The Balaban J connectivity index is 2.21. The first-order chi connectivity index (χ1) is 8.13. The number of piperazine rings is 1. The van der Waals surface area contributed by atoms with Gasteiger partial charge in [-0.15, -0.1) is 0 Å². The number of hydrogen-bond acceptors (Lipinski definition) is 4. The number of nitrogens with one attached hydrogen (secondary N) is 1. The number of rotatable bonds is 5. The van der Waals surface area contributed by atoms with Crippen molar-refractivity contribution in [1.29, 1.82) is 0 Å². The molecule has 0 aliphatic carbocycles. The third kappa shape index (κ3) is 5.01. The van der Waals surface area contributed by atoms with E-state index in [1.165, 1.54) is 0 Å². The van der Waals surface area contributed by atoms with Gasteiger partial charge in [0, 0.05) is 32.7 Å². The molecular formula is C10H20N4O3. The molecule has 0 atom stereocenters. The maximum atomic E-state index is 11.6. The van der Waals surface area contributed by atoms with Crippen molar-refractivity contribution in [1.82, 2.24) is 15.1 Å². The number of carboxylic acid groups (broad SMARTS) is 1. The van der Waals surface area contributed by atoms with E-state index in [4.69, 9.17) is 10.8 Å². The molecule has 0 aromatic heterocycles. The van der Waals surface area contributed by atoms with Gasteiger partial charge in [0.1, 0.15) is 0 Å². The number of nitrogens with two attached hydrogens (primary N) is 1. The van der Waals surface area contributed by atoms with E-state index in [0.29, 0.717) is 39.3 Å². The van der Waals surface area contributed by atoms with E-state index in [2.05, 4.69) is 5.32 Å². The zero-order chi connectivity index (χ0) is 12.7. The standard InChI is InChI=1S/C10H20N4O3/c11-2-1-3-12-10(17)14-6-4-13(5-7-14)8-9(15)16/h1-8,11H2,(H,12,17)(H,15,16). The molecule has 1 heterocycles. The lowest BCUT2D eigenvalue weighted by Gasteiger charge is -2.33. The summed E-state index contributed by atoms with van der Waals surface area (Å²) < 4.78 is 0. The summed E-state index contributed by atoms with van der Waals surface area (Å²) in [6, 6.07) is -0.0894. The summed E-state index contributed by atoms with van der Waals surface area (Å²) in [6.07, 6.45) is 0.769. The Labute approximate surface area is 101 Å². The van der Waals surface area contributed by atoms with Crippen LogP contribution in [0, 0.1) is 0 Å². The summed E-state index contributed by atoms with van der Waals surface area (Å²) in [4.78, 5) is 25.7. The van der Waals surface area contributed by atoms with E-state index in [0.717, 1.165) is 6.42 Å². The van der Waals surface area contributed by atoms with Crippen LogP contribution in [0.3, 0.4) is 0 Å². The number of urea groups is 1. The molecule has 0 aromatic carbocycles. The zero-order valence-corrected chi connectivity index (χ0v) is 9.89. The molecule has 0 unspecified atom stereocenters. The highest BCUT2D eigenvalue weighted by Crippen LogP contribution is 2.01. The summed E-state index contributed by atoms with van der Waals surface area (Å²) in [5, 5.41) is 11.4. The highest BCUT2D eigenvalue weighted by Gasteiger charge is 2.21. The van der Waals surface area contributed by atoms with Crippen molar-refractivity contribution >= 4 is 12.0 Å². The zero-order valence-electron chi connectivity index (χ0n) is 9.89. The first-order valence-corrected chi connectivity index (χ1v) is 5.80. The van der Waals surface area contributed by atoms with Gasteiger partial charge in [-0.1, -0.05) is 0 Å². The normalized spacial score (nSPS) is 16.9. The number of carboxylic acids is 1. The summed E-state index contributed by atoms with van der Waals surface area (Å²) in [5.41, 5.74) is 5.33. The molecule has 7 heteroatoms. The second kappa shape index (κ2) is 7.08. The van der Waals surface area contributed by atoms with Gasteiger partial charge in [-0.25, -0.2) is 4.79 Å². The third-order valence-corrected chi connectivity index (χ3v) is 2.68. The molecule has 1 fully saturated rings. The molecule has 1 rings (SSSR count). The van der Waals surface area contributed by atoms with E-state index in [1.807, 2.05) is 4.90 Å². The molecule has 7 nitrogen and oxygen atoms in total. The Morgan fingerprint density at radius 1 is 1.24 bits per heavy atom. The van der Waals surface area contributed by atoms with Crippen molar-refractivity contribution in [3.05, 3.63) is 0 Å². The average Bonchev–Trinajstić information content (AvgIpc) is 2.29. The van der Waals surface area contributed by atoms with Crippen molar-refractivity contribution in [2.24, 2.45) is 5.73 Å². The van der Waals surface area contributed by atoms with Crippen LogP contribution in [0.4, 0.5) is 4.79 Å². The van der Waals surface area contributed by atoms with Crippen LogP contribution in [0.15, 0.2) is 0 Å². The fourth-order valence-corrected chi connectivity index (χ4v) is 1.71. The van der Waals surface area contributed by atoms with Crippen molar-refractivity contribution in [3.8, 4) is 0 Å². The highest BCUT2D eigenvalue weighted by molar-refractivity contribution is 5.74. The fraction of sp³-hybridized carbons (Fsp3) is 0.800. The van der Waals surface area contributed by atoms with Crippen LogP contribution >= 0.6 is 0 Å². The number of carbonyl (C=O) groups excluding carboxylic acids is 1. The minimum atomic E-state index is -0.828. The van der Waals surface area contributed by atoms with E-state index in [-0.39, 0.29) is 12.6 Å². The highest BCUT2D eigenvalue weighted by atomic mass is 16.4. The molecule has 17 heavy (non-hydrogen) atoms. The van der Waals surface area contributed by atoms with Crippen molar-refractivity contribution in [2.45, 2.75) is 6.42 Å². The largest absolute Gasteiger partial charge is 0.480 e. The lowest BCUT2D eigenvalue weighted by Crippen LogP contribution is -2.52. The minimum absolute atomic E-state index is 0.0443. The second-order valence-electron chi connectivity index (χ2n) is 4.03. The molecule has 98 valence electrons. The Hall–Kier alpha value is -1.34. The van der Waals surface area contributed by atoms with Crippen LogP contribution in [-0.4, -0.2) is 72.7 Å². The third-order valence-electron chi connectivity index (χ3n) is 2.68. The van der Waals surface area contributed by atoms with Crippen molar-refractivity contribution < 1.29 is 14.7 Å². The molecular weight excluding hydrogens is 224 g/mol. The summed E-state index contributed by atoms with van der Waals surface area (Å²) in [5.74, 6) is -0.828. The van der Waals surface area contributed by atoms with E-state index in [1.54, 1.807) is 4.90 Å². The van der Waals surface area contributed by atoms with Gasteiger partial charge in [0.2, 0.25) is 0 Å². The van der Waals surface area contributed by atoms with Gasteiger partial charge < -0.3 is 21.1 Å². The van der Waals surface area contributed by atoms with Gasteiger partial charge in [0.15, 0.2) is 0 Å². The molecule has 1 saturated heterocycles. The van der Waals surface area contributed by atoms with E-state index >= 15 is 0 Å². The molecule has 1 aliphatic heterocycles. The molecule has 0 aromatic rings. The van der Waals surface area contributed by atoms with Gasteiger partial charge in [0.05, 0.1) is 6.54 Å². The maximum Gasteiger partial charge on any atom is 0.317 e. The van der Waals surface area contributed by atoms with E-state index in [9.17, 15) is 9.59 Å². The Bertz CT molecular complexity index is 264. The van der Waals surface area contributed by atoms with Crippen LogP contribution < -0.4 is 11.1 Å². The van der Waals surface area contributed by atoms with Crippen LogP contribution in [-0.2, 0) is 4.79 Å². The van der Waals surface area contributed by atoms with Crippen LogP contribution in [0.5, 0.6) is 0 Å². The lowest BCUT2D eigenvalue weighted by molar-refractivity contribution is -0.138. The van der Waals surface area contributed by atoms with Gasteiger partial charge >= 0.3 is 12.0 Å². The monoisotopic (exact) mass is 244 g/mol. The smallest absolute Gasteiger partial charge is 0.317 e. The predicted molar refractivity (Wildman–Crippen MR) is 62.7 cm³/mol. The quantitative estimate of drug-likeness (QED) is 0.525. The molecule has 2 amide bonds. The number of hydrogen-bond donors (Lipinski definition) is 3. The Kier molecular flexibility index (Phi) is 5.71. The van der Waals surface area contributed by atoms with Gasteiger partial charge in [-0.05, 0) is 13.0 Å². The van der Waals surface area contributed by atoms with Crippen LogP contribution in [0.2, 0.25) is 0 Å². The van der Waals surface area contributed by atoms with Gasteiger partial charge in [-0.3, -0.25) is 9.69 Å². The lowest BCUT2D eigenvalue weighted by atomic mass is 10.3. The van der Waals surface area contributed by atoms with Crippen molar-refractivity contribution in [3.63, 3.8) is 0 Å². The molecule has 0 spiro atoms. The van der Waals surface area contributed by atoms with Crippen LogP contribution in [0.25, 0.3) is 0 Å². The van der Waals surface area contributed by atoms with Gasteiger partial charge in [0.25, 0.3) is 0 Å². The summed E-state index contributed by atoms with van der Waals surface area (Å²) in [7, 11) is 0. The number of amides is 2. The molecule has 0 saturated carbocycles. The fourth-order valence-electron chi connectivity index (χ4n) is 1.71. The Morgan fingerprint density at radius 3 is 2.41 bits per heavy atom. The molecule has 0 radical (unpaired) electrons. The maximum absolute atomic E-state index is 11.6. The summed E-state index contributed by atoms with van der Waals surface area (Å²) in [6.45, 7) is 3.55. The van der Waals surface area contributed by atoms with Crippen LogP contribution in [0.1, 0.15) is 6.42 Å². The average molecular weight is 244 g/mol. The predicted octanol–water partition coefficient (Wildman–Crippen LogP) is -1.25. The Morgan fingerprint density at radius 2 is 1.88 bits per heavy atom. The molecule has 4 N–H and O–H groups in total. The van der Waals surface area contributed by atoms with Crippen molar-refractivity contribution in [2.75, 3.05) is 45.8 Å². The second-order valence-corrected chi connectivity index (χ2v) is 4.03. The molecule has 1 aliphatic rings. The van der Waals surface area contributed by atoms with Gasteiger partial charge in [-0.2, -0.15) is 0 Å². The SMILES string of the molecule is NCCCNC(=O)N1CCN(CC(=O)O)CC1. The first-order valence-electron chi connectivity index (χ1n) is 5.80. The molecule has 0 bridgehead atoms. The van der Waals surface area contributed by atoms with E-state index < -0.39 is 5.97 Å². The topological polar surface area (TPSA) is 98.9 Å².